The summed E-state index contributed by atoms with van der Waals surface area (Å²) in [6, 6.07) is 21.7. The number of hydrogen-bond acceptors (Lipinski definition) is 1. The van der Waals surface area contributed by atoms with E-state index in [1.165, 1.54) is 75.2 Å². The summed E-state index contributed by atoms with van der Waals surface area (Å²) in [5, 5.41) is 0. The van der Waals surface area contributed by atoms with Crippen molar-refractivity contribution in [3.05, 3.63) is 66.2 Å². The lowest BCUT2D eigenvalue weighted by atomic mass is 9.99. The second-order valence-corrected chi connectivity index (χ2v) is 10.8. The van der Waals surface area contributed by atoms with E-state index in [0.29, 0.717) is 0 Å². The minimum atomic E-state index is -0.210. The van der Waals surface area contributed by atoms with Crippen LogP contribution in [0.2, 0.25) is 0 Å². The maximum absolute atomic E-state index is 5.33. The Balaban J connectivity index is 1.76. The van der Waals surface area contributed by atoms with Gasteiger partial charge in [0.05, 0.1) is 11.1 Å². The molecule has 0 unspecified atom stereocenters. The van der Waals surface area contributed by atoms with E-state index in [4.69, 9.17) is 4.99 Å². The summed E-state index contributed by atoms with van der Waals surface area (Å²) >= 11 is 0. The van der Waals surface area contributed by atoms with Crippen LogP contribution >= 0.6 is 7.92 Å². The molecule has 2 heteroatoms. The molecule has 2 fully saturated rings. The lowest BCUT2D eigenvalue weighted by molar-refractivity contribution is 0.487. The molecule has 4 rings (SSSR count). The minimum Gasteiger partial charge on any atom is -0.248 e. The van der Waals surface area contributed by atoms with E-state index < -0.39 is 0 Å². The molecule has 0 aromatic heterocycles. The van der Waals surface area contributed by atoms with E-state index >= 15 is 0 Å². The molecule has 2 aliphatic carbocycles. The van der Waals surface area contributed by atoms with Gasteiger partial charge in [0.25, 0.3) is 0 Å². The topological polar surface area (TPSA) is 12.4 Å². The van der Waals surface area contributed by atoms with Crippen LogP contribution < -0.4 is 0 Å². The molecule has 0 aliphatic heterocycles. The van der Waals surface area contributed by atoms with Crippen LogP contribution in [0.25, 0.3) is 0 Å². The Morgan fingerprint density at radius 1 is 0.630 bits per heavy atom. The Bertz CT molecular complexity index is 695. The SMILES string of the molecule is c1ccc(N=C(c2ccccc2)P(C2CCCCC2)C2CCCCC2)cc1. The first-order chi connectivity index (χ1) is 13.4. The molecular formula is C25H32NP. The fraction of sp³-hybridized carbons (Fsp3) is 0.480. The summed E-state index contributed by atoms with van der Waals surface area (Å²) in [7, 11) is -0.210. The highest BCUT2D eigenvalue weighted by atomic mass is 31.1. The van der Waals surface area contributed by atoms with E-state index in [9.17, 15) is 0 Å². The third-order valence-corrected chi connectivity index (χ3v) is 9.66. The standard InChI is InChI=1S/C25H32NP/c1-5-13-21(14-6-1)25(26-22-15-7-2-8-16-22)27(23-17-9-3-10-18-23)24-19-11-4-12-20-24/h1-2,5-8,13-16,23-24H,3-4,9-12,17-20H2. The zero-order valence-electron chi connectivity index (χ0n) is 16.4. The number of hydrogen-bond donors (Lipinski definition) is 0. The Morgan fingerprint density at radius 2 is 1.11 bits per heavy atom. The highest BCUT2D eigenvalue weighted by molar-refractivity contribution is 7.77. The lowest BCUT2D eigenvalue weighted by Crippen LogP contribution is -2.25. The molecule has 2 saturated carbocycles. The molecule has 0 radical (unpaired) electrons. The molecule has 2 aromatic carbocycles. The van der Waals surface area contributed by atoms with Crippen LogP contribution in [0.15, 0.2) is 65.7 Å². The quantitative estimate of drug-likeness (QED) is 0.371. The van der Waals surface area contributed by atoms with Crippen LogP contribution in [0, 0.1) is 0 Å². The van der Waals surface area contributed by atoms with Gasteiger partial charge < -0.3 is 0 Å². The molecule has 1 nitrogen and oxygen atoms in total. The van der Waals surface area contributed by atoms with Crippen LogP contribution in [0.3, 0.4) is 0 Å². The molecule has 2 aromatic rings. The number of aliphatic imine (C=N–C) groups is 1. The van der Waals surface area contributed by atoms with Gasteiger partial charge in [-0.25, -0.2) is 4.99 Å². The first-order valence-electron chi connectivity index (χ1n) is 10.9. The number of para-hydroxylation sites is 1. The third-order valence-electron chi connectivity index (χ3n) is 6.20. The van der Waals surface area contributed by atoms with Crippen molar-refractivity contribution in [1.82, 2.24) is 0 Å². The normalized spacial score (nSPS) is 20.1. The molecule has 0 atom stereocenters. The van der Waals surface area contributed by atoms with Crippen LogP contribution in [-0.2, 0) is 0 Å². The van der Waals surface area contributed by atoms with Crippen LogP contribution in [0.1, 0.15) is 69.8 Å². The van der Waals surface area contributed by atoms with Crippen molar-refractivity contribution < 1.29 is 0 Å². The average Bonchev–Trinajstić information content (AvgIpc) is 2.76. The van der Waals surface area contributed by atoms with Gasteiger partial charge in [-0.2, -0.15) is 0 Å². The van der Waals surface area contributed by atoms with E-state index in [0.717, 1.165) is 17.0 Å². The number of benzene rings is 2. The summed E-state index contributed by atoms with van der Waals surface area (Å²) in [6.07, 6.45) is 14.2. The first-order valence-corrected chi connectivity index (χ1v) is 12.4. The Labute approximate surface area is 166 Å². The molecular weight excluding hydrogens is 345 g/mol. The smallest absolute Gasteiger partial charge is 0.0715 e. The van der Waals surface area contributed by atoms with Crippen LogP contribution in [0.5, 0.6) is 0 Å². The van der Waals surface area contributed by atoms with Crippen LogP contribution in [0.4, 0.5) is 5.69 Å². The fourth-order valence-corrected chi connectivity index (χ4v) is 8.65. The van der Waals surface area contributed by atoms with E-state index in [1.807, 2.05) is 0 Å². The zero-order valence-corrected chi connectivity index (χ0v) is 17.3. The molecule has 0 N–H and O–H groups in total. The second-order valence-electron chi connectivity index (χ2n) is 8.13. The van der Waals surface area contributed by atoms with Crippen molar-refractivity contribution in [3.63, 3.8) is 0 Å². The molecule has 0 bridgehead atoms. The summed E-state index contributed by atoms with van der Waals surface area (Å²) in [4.78, 5) is 5.33. The van der Waals surface area contributed by atoms with Gasteiger partial charge in [0.15, 0.2) is 0 Å². The molecule has 0 saturated heterocycles. The molecule has 142 valence electrons. The van der Waals surface area contributed by atoms with Gasteiger partial charge in [0, 0.05) is 5.56 Å². The fourth-order valence-electron chi connectivity index (χ4n) is 4.85. The maximum atomic E-state index is 5.33. The molecule has 2 aliphatic rings. The van der Waals surface area contributed by atoms with E-state index in [1.54, 1.807) is 0 Å². The largest absolute Gasteiger partial charge is 0.248 e. The van der Waals surface area contributed by atoms with Crippen molar-refractivity contribution in [2.75, 3.05) is 0 Å². The zero-order chi connectivity index (χ0) is 18.3. The van der Waals surface area contributed by atoms with Crippen molar-refractivity contribution in [3.8, 4) is 0 Å². The maximum Gasteiger partial charge on any atom is 0.0715 e. The van der Waals surface area contributed by atoms with Crippen molar-refractivity contribution in [1.29, 1.82) is 0 Å². The predicted octanol–water partition coefficient (Wildman–Crippen LogP) is 7.91. The lowest BCUT2D eigenvalue weighted by Gasteiger charge is -2.39. The molecule has 0 spiro atoms. The first kappa shape index (κ1) is 18.9. The molecule has 27 heavy (non-hydrogen) atoms. The van der Waals surface area contributed by atoms with Gasteiger partial charge in [0.2, 0.25) is 0 Å². The Morgan fingerprint density at radius 3 is 1.63 bits per heavy atom. The summed E-state index contributed by atoms with van der Waals surface area (Å²) < 4.78 is 0. The highest BCUT2D eigenvalue weighted by Crippen LogP contribution is 2.58. The van der Waals surface area contributed by atoms with Gasteiger partial charge in [-0.3, -0.25) is 0 Å². The van der Waals surface area contributed by atoms with Crippen molar-refractivity contribution in [2.24, 2.45) is 4.99 Å². The molecule has 0 heterocycles. The van der Waals surface area contributed by atoms with Gasteiger partial charge in [-0.05, 0) is 57.1 Å². The predicted molar refractivity (Wildman–Crippen MR) is 120 cm³/mol. The Hall–Kier alpha value is -1.46. The summed E-state index contributed by atoms with van der Waals surface area (Å²) in [5.41, 5.74) is 5.66. The minimum absolute atomic E-state index is 0.210. The van der Waals surface area contributed by atoms with Crippen LogP contribution in [-0.4, -0.2) is 16.8 Å². The summed E-state index contributed by atoms with van der Waals surface area (Å²) in [5.74, 6) is 0. The van der Waals surface area contributed by atoms with Gasteiger partial charge in [-0.1, -0.05) is 87.1 Å². The van der Waals surface area contributed by atoms with Crippen molar-refractivity contribution in [2.45, 2.75) is 75.5 Å². The summed E-state index contributed by atoms with van der Waals surface area (Å²) in [6.45, 7) is 0. The third kappa shape index (κ3) is 4.88. The van der Waals surface area contributed by atoms with Crippen molar-refractivity contribution >= 4 is 19.1 Å². The molecule has 0 amide bonds. The number of rotatable bonds is 5. The average molecular weight is 378 g/mol. The second kappa shape index (κ2) is 9.65. The van der Waals surface area contributed by atoms with E-state index in [2.05, 4.69) is 60.7 Å². The monoisotopic (exact) mass is 377 g/mol. The number of nitrogens with zero attached hydrogens (tertiary/aromatic N) is 1. The Kier molecular flexibility index (Phi) is 6.75. The van der Waals surface area contributed by atoms with Gasteiger partial charge in [-0.15, -0.1) is 0 Å². The van der Waals surface area contributed by atoms with E-state index in [-0.39, 0.29) is 7.92 Å². The highest BCUT2D eigenvalue weighted by Gasteiger charge is 2.35. The van der Waals surface area contributed by atoms with Gasteiger partial charge in [0.1, 0.15) is 0 Å². The van der Waals surface area contributed by atoms with Gasteiger partial charge >= 0.3 is 0 Å².